The lowest BCUT2D eigenvalue weighted by atomic mass is 9.99. The highest BCUT2D eigenvalue weighted by Gasteiger charge is 2.13. The lowest BCUT2D eigenvalue weighted by Gasteiger charge is -2.07. The SMILES string of the molecule is C=C1NC(/C=C\Cc2ccc(-c3ccsc3)c(C)c2)CS1. The maximum Gasteiger partial charge on any atom is 0.0613 e. The Bertz CT molecular complexity index is 656. The van der Waals surface area contributed by atoms with E-state index in [0.29, 0.717) is 6.04 Å². The molecule has 0 spiro atoms. The zero-order valence-corrected chi connectivity index (χ0v) is 13.8. The van der Waals surface area contributed by atoms with Crippen LogP contribution in [0.25, 0.3) is 11.1 Å². The molecule has 1 atom stereocenters. The Morgan fingerprint density at radius 3 is 2.95 bits per heavy atom. The van der Waals surface area contributed by atoms with E-state index in [2.05, 4.69) is 66.0 Å². The van der Waals surface area contributed by atoms with Crippen LogP contribution in [0.2, 0.25) is 0 Å². The second-order valence-corrected chi connectivity index (χ2v) is 7.17. The second kappa shape index (κ2) is 6.54. The molecule has 1 aliphatic rings. The zero-order valence-electron chi connectivity index (χ0n) is 12.1. The Labute approximate surface area is 134 Å². The molecule has 1 fully saturated rings. The number of hydrogen-bond donors (Lipinski definition) is 1. The Hall–Kier alpha value is -1.45. The van der Waals surface area contributed by atoms with Crippen molar-refractivity contribution in [3.05, 3.63) is 69.9 Å². The molecule has 1 N–H and O–H groups in total. The quantitative estimate of drug-likeness (QED) is 0.797. The topological polar surface area (TPSA) is 12.0 Å². The maximum absolute atomic E-state index is 3.94. The lowest BCUT2D eigenvalue weighted by Crippen LogP contribution is -2.19. The Morgan fingerprint density at radius 2 is 2.29 bits per heavy atom. The summed E-state index contributed by atoms with van der Waals surface area (Å²) < 4.78 is 0. The predicted molar refractivity (Wildman–Crippen MR) is 95.9 cm³/mol. The van der Waals surface area contributed by atoms with Crippen molar-refractivity contribution in [2.45, 2.75) is 19.4 Å². The normalized spacial score (nSPS) is 18.3. The summed E-state index contributed by atoms with van der Waals surface area (Å²) in [6.45, 7) is 6.13. The molecule has 2 heterocycles. The summed E-state index contributed by atoms with van der Waals surface area (Å²) >= 11 is 3.55. The number of hydrogen-bond acceptors (Lipinski definition) is 3. The summed E-state index contributed by atoms with van der Waals surface area (Å²) in [5, 5.41) is 8.78. The fourth-order valence-electron chi connectivity index (χ4n) is 2.55. The monoisotopic (exact) mass is 313 g/mol. The van der Waals surface area contributed by atoms with Crippen LogP contribution in [-0.2, 0) is 6.42 Å². The van der Waals surface area contributed by atoms with E-state index in [0.717, 1.165) is 17.2 Å². The van der Waals surface area contributed by atoms with Gasteiger partial charge in [0.05, 0.1) is 11.1 Å². The van der Waals surface area contributed by atoms with Gasteiger partial charge in [-0.3, -0.25) is 0 Å². The van der Waals surface area contributed by atoms with Crippen molar-refractivity contribution >= 4 is 23.1 Å². The first-order valence-corrected chi connectivity index (χ1v) is 9.02. The highest BCUT2D eigenvalue weighted by molar-refractivity contribution is 8.03. The number of thiophene rings is 1. The van der Waals surface area contributed by atoms with Crippen molar-refractivity contribution < 1.29 is 0 Å². The molecule has 1 aromatic carbocycles. The first-order chi connectivity index (χ1) is 10.2. The molecule has 1 unspecified atom stereocenters. The maximum atomic E-state index is 3.94. The molecular formula is C18H19NS2. The lowest BCUT2D eigenvalue weighted by molar-refractivity contribution is 0.796. The number of thioether (sulfide) groups is 1. The molecule has 0 aliphatic carbocycles. The summed E-state index contributed by atoms with van der Waals surface area (Å²) in [5.41, 5.74) is 5.38. The molecule has 3 heteroatoms. The van der Waals surface area contributed by atoms with Crippen molar-refractivity contribution in [2.24, 2.45) is 0 Å². The molecule has 1 saturated heterocycles. The molecular weight excluding hydrogens is 294 g/mol. The Kier molecular flexibility index (Phi) is 4.51. The fraction of sp³-hybridized carbons (Fsp3) is 0.222. The van der Waals surface area contributed by atoms with Crippen molar-refractivity contribution in [1.29, 1.82) is 0 Å². The first kappa shape index (κ1) is 14.5. The highest BCUT2D eigenvalue weighted by Crippen LogP contribution is 2.26. The van der Waals surface area contributed by atoms with Crippen molar-refractivity contribution in [2.75, 3.05) is 5.75 Å². The van der Waals surface area contributed by atoms with Crippen molar-refractivity contribution in [3.8, 4) is 11.1 Å². The van der Waals surface area contributed by atoms with E-state index in [9.17, 15) is 0 Å². The van der Waals surface area contributed by atoms with Crippen LogP contribution in [0.1, 0.15) is 11.1 Å². The molecule has 3 rings (SSSR count). The smallest absolute Gasteiger partial charge is 0.0613 e. The van der Waals surface area contributed by atoms with Crippen LogP contribution in [0.15, 0.2) is 58.8 Å². The third-order valence-electron chi connectivity index (χ3n) is 3.63. The number of allylic oxidation sites excluding steroid dienone is 1. The minimum absolute atomic E-state index is 0.439. The van der Waals surface area contributed by atoms with Gasteiger partial charge in [0.1, 0.15) is 0 Å². The van der Waals surface area contributed by atoms with Gasteiger partial charge >= 0.3 is 0 Å². The minimum Gasteiger partial charge on any atom is -0.373 e. The van der Waals surface area contributed by atoms with Crippen LogP contribution in [0.4, 0.5) is 0 Å². The molecule has 0 bridgehead atoms. The summed E-state index contributed by atoms with van der Waals surface area (Å²) in [6.07, 6.45) is 5.50. The van der Waals surface area contributed by atoms with Gasteiger partial charge in [-0.15, -0.1) is 11.8 Å². The zero-order chi connectivity index (χ0) is 14.7. The molecule has 1 aromatic heterocycles. The second-order valence-electron chi connectivity index (χ2n) is 5.28. The van der Waals surface area contributed by atoms with E-state index in [1.807, 2.05) is 0 Å². The van der Waals surface area contributed by atoms with Crippen molar-refractivity contribution in [1.82, 2.24) is 5.32 Å². The van der Waals surface area contributed by atoms with Crippen molar-refractivity contribution in [3.63, 3.8) is 0 Å². The van der Waals surface area contributed by atoms with Gasteiger partial charge in [0.25, 0.3) is 0 Å². The van der Waals surface area contributed by atoms with E-state index in [-0.39, 0.29) is 0 Å². The highest BCUT2D eigenvalue weighted by atomic mass is 32.2. The van der Waals surface area contributed by atoms with Gasteiger partial charge in [0.15, 0.2) is 0 Å². The van der Waals surface area contributed by atoms with E-state index < -0.39 is 0 Å². The molecule has 1 aliphatic heterocycles. The van der Waals surface area contributed by atoms with E-state index in [1.165, 1.54) is 22.3 Å². The average Bonchev–Trinajstić information content (AvgIpc) is 3.11. The van der Waals surface area contributed by atoms with Crippen LogP contribution in [0.5, 0.6) is 0 Å². The molecule has 1 nitrogen and oxygen atoms in total. The molecule has 108 valence electrons. The van der Waals surface area contributed by atoms with Gasteiger partial charge in [-0.05, 0) is 52.4 Å². The number of nitrogens with one attached hydrogen (secondary N) is 1. The fourth-order valence-corrected chi connectivity index (χ4v) is 4.01. The number of rotatable bonds is 4. The summed E-state index contributed by atoms with van der Waals surface area (Å²) in [7, 11) is 0. The van der Waals surface area contributed by atoms with Gasteiger partial charge < -0.3 is 5.32 Å². The Morgan fingerprint density at radius 1 is 1.38 bits per heavy atom. The number of benzene rings is 1. The van der Waals surface area contributed by atoms with Gasteiger partial charge in [-0.1, -0.05) is 36.9 Å². The van der Waals surface area contributed by atoms with Crippen LogP contribution in [0.3, 0.4) is 0 Å². The Balaban J connectivity index is 1.65. The number of aryl methyl sites for hydroxylation is 1. The summed E-state index contributed by atoms with van der Waals surface area (Å²) in [4.78, 5) is 0. The third kappa shape index (κ3) is 3.60. The van der Waals surface area contributed by atoms with Crippen LogP contribution in [-0.4, -0.2) is 11.8 Å². The van der Waals surface area contributed by atoms with E-state index >= 15 is 0 Å². The first-order valence-electron chi connectivity index (χ1n) is 7.09. The van der Waals surface area contributed by atoms with E-state index in [4.69, 9.17) is 0 Å². The molecule has 21 heavy (non-hydrogen) atoms. The predicted octanol–water partition coefficient (Wildman–Crippen LogP) is 5.00. The van der Waals surface area contributed by atoms with Gasteiger partial charge in [0.2, 0.25) is 0 Å². The molecule has 0 saturated carbocycles. The van der Waals surface area contributed by atoms with Gasteiger partial charge in [-0.2, -0.15) is 11.3 Å². The molecule has 0 radical (unpaired) electrons. The summed E-state index contributed by atoms with van der Waals surface area (Å²) in [6, 6.07) is 9.40. The average molecular weight is 313 g/mol. The van der Waals surface area contributed by atoms with Crippen LogP contribution < -0.4 is 5.32 Å². The largest absolute Gasteiger partial charge is 0.373 e. The van der Waals surface area contributed by atoms with Gasteiger partial charge in [-0.25, -0.2) is 0 Å². The van der Waals surface area contributed by atoms with E-state index in [1.54, 1.807) is 23.1 Å². The van der Waals surface area contributed by atoms with Gasteiger partial charge in [0, 0.05) is 5.75 Å². The van der Waals surface area contributed by atoms with Crippen LogP contribution in [0, 0.1) is 6.92 Å². The van der Waals surface area contributed by atoms with Crippen LogP contribution >= 0.6 is 23.1 Å². The molecule has 2 aromatic rings. The summed E-state index contributed by atoms with van der Waals surface area (Å²) in [5.74, 6) is 1.09. The standard InChI is InChI=1S/C18H19NS2/c1-13-10-15(4-3-5-17-12-21-14(2)19-17)6-7-18(13)16-8-9-20-11-16/h3,5-11,17,19H,2,4,12H2,1H3/b5-3-. The minimum atomic E-state index is 0.439. The molecule has 0 amide bonds. The third-order valence-corrected chi connectivity index (χ3v) is 5.30.